The van der Waals surface area contributed by atoms with Gasteiger partial charge in [-0.25, -0.2) is 0 Å². The molecule has 0 atom stereocenters. The molecule has 14 heavy (non-hydrogen) atoms. The highest BCUT2D eigenvalue weighted by molar-refractivity contribution is 4.87. The maximum absolute atomic E-state index is 3.33. The van der Waals surface area contributed by atoms with Crippen molar-refractivity contribution in [3.8, 4) is 0 Å². The van der Waals surface area contributed by atoms with Crippen molar-refractivity contribution < 1.29 is 0 Å². The molecule has 0 saturated heterocycles. The number of hydrogen-bond acceptors (Lipinski definition) is 0. The minimum atomic E-state index is 1.01. The van der Waals surface area contributed by atoms with E-state index < -0.39 is 0 Å². The SMILES string of the molecule is [C]1=CCCCCCCCCCC=CC1. The van der Waals surface area contributed by atoms with E-state index in [1.807, 2.05) is 0 Å². The molecule has 0 N–H and O–H groups in total. The van der Waals surface area contributed by atoms with Crippen molar-refractivity contribution in [3.63, 3.8) is 0 Å². The maximum atomic E-state index is 3.33. The maximum Gasteiger partial charge on any atom is -0.00979 e. The smallest absolute Gasteiger partial charge is 0.00979 e. The molecule has 79 valence electrons. The van der Waals surface area contributed by atoms with Crippen LogP contribution in [-0.2, 0) is 0 Å². The van der Waals surface area contributed by atoms with E-state index in [0.717, 1.165) is 6.42 Å². The Labute approximate surface area is 89.1 Å². The first-order valence-corrected chi connectivity index (χ1v) is 6.20. The average molecular weight is 191 g/mol. The van der Waals surface area contributed by atoms with Crippen molar-refractivity contribution in [1.29, 1.82) is 0 Å². The van der Waals surface area contributed by atoms with Crippen molar-refractivity contribution >= 4 is 0 Å². The van der Waals surface area contributed by atoms with Gasteiger partial charge in [0, 0.05) is 0 Å². The zero-order valence-corrected chi connectivity index (χ0v) is 9.30. The summed E-state index contributed by atoms with van der Waals surface area (Å²) in [6.45, 7) is 0. The second-order valence-corrected chi connectivity index (χ2v) is 4.14. The van der Waals surface area contributed by atoms with Gasteiger partial charge in [0.05, 0.1) is 0 Å². The van der Waals surface area contributed by atoms with E-state index in [1.165, 1.54) is 57.8 Å². The second-order valence-electron chi connectivity index (χ2n) is 4.14. The van der Waals surface area contributed by atoms with Crippen LogP contribution in [0.2, 0.25) is 0 Å². The fourth-order valence-corrected chi connectivity index (χ4v) is 1.85. The van der Waals surface area contributed by atoms with Gasteiger partial charge in [0.15, 0.2) is 0 Å². The Morgan fingerprint density at radius 3 is 2.07 bits per heavy atom. The topological polar surface area (TPSA) is 0 Å². The minimum Gasteiger partial charge on any atom is -0.0882 e. The van der Waals surface area contributed by atoms with E-state index in [9.17, 15) is 0 Å². The summed E-state index contributed by atoms with van der Waals surface area (Å²) in [6, 6.07) is 0. The number of allylic oxidation sites excluding steroid dienone is 4. The Hall–Kier alpha value is -0.520. The Bertz CT molecular complexity index is 147. The molecule has 0 spiro atoms. The monoisotopic (exact) mass is 191 g/mol. The summed E-state index contributed by atoms with van der Waals surface area (Å²) in [5, 5.41) is 0. The van der Waals surface area contributed by atoms with Crippen LogP contribution in [0.3, 0.4) is 0 Å². The van der Waals surface area contributed by atoms with E-state index in [1.54, 1.807) is 0 Å². The summed E-state index contributed by atoms with van der Waals surface area (Å²) in [5.41, 5.74) is 0. The number of rotatable bonds is 0. The summed E-state index contributed by atoms with van der Waals surface area (Å²) >= 11 is 0. The van der Waals surface area contributed by atoms with Crippen LogP contribution in [0.1, 0.15) is 64.2 Å². The molecule has 0 fully saturated rings. The van der Waals surface area contributed by atoms with Gasteiger partial charge < -0.3 is 0 Å². The Morgan fingerprint density at radius 1 is 0.643 bits per heavy atom. The first kappa shape index (κ1) is 11.6. The van der Waals surface area contributed by atoms with Gasteiger partial charge in [0.2, 0.25) is 0 Å². The molecule has 0 aromatic rings. The highest BCUT2D eigenvalue weighted by atomic mass is 14.0. The standard InChI is InChI=1S/C14H23/c1-2-4-6-8-10-12-14-13-11-9-7-5-3-1/h1-2,8H,3-5,7,9-14H2. The molecule has 0 amide bonds. The molecule has 1 aliphatic rings. The molecule has 0 nitrogen and oxygen atoms in total. The van der Waals surface area contributed by atoms with Gasteiger partial charge in [-0.05, 0) is 38.2 Å². The predicted octanol–water partition coefficient (Wildman–Crippen LogP) is 4.82. The van der Waals surface area contributed by atoms with Crippen molar-refractivity contribution in [2.75, 3.05) is 0 Å². The van der Waals surface area contributed by atoms with Crippen molar-refractivity contribution in [1.82, 2.24) is 0 Å². The van der Waals surface area contributed by atoms with Crippen LogP contribution in [0.4, 0.5) is 0 Å². The molecular formula is C14H23. The first-order chi connectivity index (χ1) is 7.00. The van der Waals surface area contributed by atoms with Gasteiger partial charge in [0.1, 0.15) is 0 Å². The van der Waals surface area contributed by atoms with Crippen LogP contribution >= 0.6 is 0 Å². The van der Waals surface area contributed by atoms with Gasteiger partial charge in [-0.2, -0.15) is 0 Å². The lowest BCUT2D eigenvalue weighted by Crippen LogP contribution is -1.81. The molecule has 1 radical (unpaired) electrons. The van der Waals surface area contributed by atoms with Gasteiger partial charge in [-0.3, -0.25) is 0 Å². The van der Waals surface area contributed by atoms with Gasteiger partial charge >= 0.3 is 0 Å². The Kier molecular flexibility index (Phi) is 7.47. The molecule has 0 aromatic heterocycles. The van der Waals surface area contributed by atoms with Crippen LogP contribution in [0.25, 0.3) is 0 Å². The highest BCUT2D eigenvalue weighted by Gasteiger charge is 1.91. The van der Waals surface area contributed by atoms with E-state index in [4.69, 9.17) is 0 Å². The fraction of sp³-hybridized carbons (Fsp3) is 0.714. The van der Waals surface area contributed by atoms with Crippen molar-refractivity contribution in [2.24, 2.45) is 0 Å². The van der Waals surface area contributed by atoms with E-state index in [-0.39, 0.29) is 0 Å². The quantitative estimate of drug-likeness (QED) is 0.482. The van der Waals surface area contributed by atoms with Crippen LogP contribution < -0.4 is 0 Å². The molecule has 0 aliphatic heterocycles. The third kappa shape index (κ3) is 6.94. The molecule has 0 heterocycles. The molecule has 1 aliphatic carbocycles. The van der Waals surface area contributed by atoms with Gasteiger partial charge in [-0.15, -0.1) is 0 Å². The fourth-order valence-electron chi connectivity index (χ4n) is 1.85. The molecular weight excluding hydrogens is 168 g/mol. The average Bonchev–Trinajstić information content (AvgIpc) is 2.22. The lowest BCUT2D eigenvalue weighted by atomic mass is 10.1. The van der Waals surface area contributed by atoms with E-state index >= 15 is 0 Å². The van der Waals surface area contributed by atoms with E-state index in [0.29, 0.717) is 0 Å². The summed E-state index contributed by atoms with van der Waals surface area (Å²) in [4.78, 5) is 0. The molecule has 0 unspecified atom stereocenters. The normalized spacial score (nSPS) is 21.7. The zero-order valence-electron chi connectivity index (χ0n) is 9.30. The van der Waals surface area contributed by atoms with Gasteiger partial charge in [-0.1, -0.05) is 50.3 Å². The molecule has 0 aromatic carbocycles. The minimum absolute atomic E-state index is 1.01. The lowest BCUT2D eigenvalue weighted by molar-refractivity contribution is 0.583. The zero-order chi connectivity index (χ0) is 9.90. The summed E-state index contributed by atoms with van der Waals surface area (Å²) in [5.74, 6) is 0. The third-order valence-electron chi connectivity index (χ3n) is 2.77. The predicted molar refractivity (Wildman–Crippen MR) is 63.1 cm³/mol. The second kappa shape index (κ2) is 9.05. The van der Waals surface area contributed by atoms with Crippen LogP contribution in [0.5, 0.6) is 0 Å². The molecule has 0 heteroatoms. The largest absolute Gasteiger partial charge is 0.0882 e. The third-order valence-corrected chi connectivity index (χ3v) is 2.77. The van der Waals surface area contributed by atoms with Gasteiger partial charge in [0.25, 0.3) is 0 Å². The van der Waals surface area contributed by atoms with Crippen molar-refractivity contribution in [2.45, 2.75) is 64.2 Å². The van der Waals surface area contributed by atoms with E-state index in [2.05, 4.69) is 24.3 Å². The van der Waals surface area contributed by atoms with Crippen molar-refractivity contribution in [3.05, 3.63) is 24.3 Å². The molecule has 0 saturated carbocycles. The Morgan fingerprint density at radius 2 is 1.29 bits per heavy atom. The van der Waals surface area contributed by atoms with Crippen LogP contribution in [0, 0.1) is 6.08 Å². The summed E-state index contributed by atoms with van der Waals surface area (Å²) in [6.07, 6.45) is 23.5. The summed E-state index contributed by atoms with van der Waals surface area (Å²) in [7, 11) is 0. The molecule has 1 rings (SSSR count). The lowest BCUT2D eigenvalue weighted by Gasteiger charge is -2.00. The number of hydrogen-bond donors (Lipinski definition) is 0. The molecule has 0 bridgehead atoms. The first-order valence-electron chi connectivity index (χ1n) is 6.20. The Balaban J connectivity index is 2.17. The van der Waals surface area contributed by atoms with Crippen LogP contribution in [-0.4, -0.2) is 0 Å². The summed E-state index contributed by atoms with van der Waals surface area (Å²) < 4.78 is 0. The van der Waals surface area contributed by atoms with Crippen LogP contribution in [0.15, 0.2) is 18.2 Å². The highest BCUT2D eigenvalue weighted by Crippen LogP contribution is 2.10.